The van der Waals surface area contributed by atoms with Crippen LogP contribution in [0.15, 0.2) is 52.7 Å². The molecule has 2 N–H and O–H groups in total. The molecule has 5 nitrogen and oxygen atoms in total. The second-order valence-corrected chi connectivity index (χ2v) is 6.95. The van der Waals surface area contributed by atoms with Gasteiger partial charge in [-0.15, -0.1) is 10.2 Å². The van der Waals surface area contributed by atoms with E-state index in [0.29, 0.717) is 5.56 Å². The zero-order valence-electron chi connectivity index (χ0n) is 16.5. The molecule has 0 saturated heterocycles. The third kappa shape index (κ3) is 4.64. The molecule has 3 aromatic rings. The average molecular weight is 418 g/mol. The minimum Gasteiger partial charge on any atom is -0.516 e. The molecule has 0 unspecified atom stereocenters. The number of aromatic hydroxyl groups is 1. The smallest absolute Gasteiger partial charge is 0.419 e. The average Bonchev–Trinajstić information content (AvgIpc) is 3.21. The third-order valence-electron chi connectivity index (χ3n) is 4.82. The van der Waals surface area contributed by atoms with E-state index in [2.05, 4.69) is 10.2 Å². The van der Waals surface area contributed by atoms with Crippen molar-refractivity contribution < 1.29 is 27.8 Å². The van der Waals surface area contributed by atoms with E-state index >= 15 is 0 Å². The molecule has 8 heteroatoms. The number of phenolic OH excluding ortho intramolecular Hbond substituents is 1. The van der Waals surface area contributed by atoms with Gasteiger partial charge in [0.25, 0.3) is 0 Å². The van der Waals surface area contributed by atoms with Gasteiger partial charge in [-0.2, -0.15) is 13.2 Å². The van der Waals surface area contributed by atoms with Crippen LogP contribution in [0, 0.1) is 0 Å². The van der Waals surface area contributed by atoms with Gasteiger partial charge in [0, 0.05) is 11.1 Å². The Morgan fingerprint density at radius 3 is 2.27 bits per heavy atom. The fourth-order valence-corrected chi connectivity index (χ4v) is 3.08. The molecule has 0 bridgehead atoms. The summed E-state index contributed by atoms with van der Waals surface area (Å²) < 4.78 is 44.7. The van der Waals surface area contributed by atoms with Gasteiger partial charge in [-0.1, -0.05) is 13.0 Å². The number of hydrogen-bond acceptors (Lipinski definition) is 5. The van der Waals surface area contributed by atoms with Crippen LogP contribution in [-0.2, 0) is 19.0 Å². The number of aryl methyl sites for hydroxylation is 2. The Hall–Kier alpha value is -3.29. The first-order chi connectivity index (χ1) is 14.2. The number of rotatable bonds is 6. The highest BCUT2D eigenvalue weighted by Crippen LogP contribution is 2.38. The Labute approximate surface area is 171 Å². The zero-order valence-corrected chi connectivity index (χ0v) is 16.5. The monoisotopic (exact) mass is 418 g/mol. The van der Waals surface area contributed by atoms with Gasteiger partial charge in [0.05, 0.1) is 11.8 Å². The minimum absolute atomic E-state index is 0.0671. The van der Waals surface area contributed by atoms with E-state index in [1.165, 1.54) is 6.07 Å². The normalized spacial score (nSPS) is 12.4. The molecule has 2 aromatic carbocycles. The third-order valence-corrected chi connectivity index (χ3v) is 4.82. The van der Waals surface area contributed by atoms with Crippen molar-refractivity contribution in [1.29, 1.82) is 0 Å². The Morgan fingerprint density at radius 1 is 1.03 bits per heavy atom. The van der Waals surface area contributed by atoms with E-state index in [1.54, 1.807) is 0 Å². The van der Waals surface area contributed by atoms with E-state index in [4.69, 9.17) is 9.52 Å². The van der Waals surface area contributed by atoms with Crippen molar-refractivity contribution in [3.8, 4) is 28.7 Å². The van der Waals surface area contributed by atoms with Crippen molar-refractivity contribution in [2.24, 2.45) is 0 Å². The van der Waals surface area contributed by atoms with Crippen LogP contribution in [-0.4, -0.2) is 20.4 Å². The van der Waals surface area contributed by atoms with Gasteiger partial charge in [0.15, 0.2) is 0 Å². The molecule has 0 atom stereocenters. The summed E-state index contributed by atoms with van der Waals surface area (Å²) in [7, 11) is 0. The van der Waals surface area contributed by atoms with Crippen LogP contribution in [0.4, 0.5) is 13.2 Å². The van der Waals surface area contributed by atoms with Gasteiger partial charge >= 0.3 is 6.18 Å². The van der Waals surface area contributed by atoms with Crippen LogP contribution in [0.2, 0.25) is 0 Å². The molecule has 0 aliphatic carbocycles. The van der Waals surface area contributed by atoms with E-state index in [1.807, 2.05) is 32.0 Å². The number of alkyl halides is 3. The van der Waals surface area contributed by atoms with Crippen LogP contribution >= 0.6 is 0 Å². The fraction of sp³-hybridized carbons (Fsp3) is 0.273. The predicted molar refractivity (Wildman–Crippen MR) is 106 cm³/mol. The van der Waals surface area contributed by atoms with Gasteiger partial charge in [0.1, 0.15) is 5.75 Å². The lowest BCUT2D eigenvalue weighted by Gasteiger charge is -2.10. The quantitative estimate of drug-likeness (QED) is 0.474. The van der Waals surface area contributed by atoms with E-state index in [-0.39, 0.29) is 17.3 Å². The van der Waals surface area contributed by atoms with Crippen molar-refractivity contribution >= 4 is 0 Å². The largest absolute Gasteiger partial charge is 0.516 e. The Bertz CT molecular complexity index is 1070. The second kappa shape index (κ2) is 8.61. The van der Waals surface area contributed by atoms with Gasteiger partial charge in [-0.05, 0) is 73.2 Å². The highest BCUT2D eigenvalue weighted by atomic mass is 19.4. The first-order valence-electron chi connectivity index (χ1n) is 9.39. The highest BCUT2D eigenvalue weighted by Gasteiger charge is 2.34. The molecule has 158 valence electrons. The Kier molecular flexibility index (Phi) is 6.14. The molecule has 1 aromatic heterocycles. The van der Waals surface area contributed by atoms with Crippen molar-refractivity contribution in [2.75, 3.05) is 0 Å². The van der Waals surface area contributed by atoms with E-state index in [0.717, 1.165) is 54.4 Å². The SMILES string of the molecule is CCc1cc(-c2nnc(-c3ccc(O)c(C(F)(F)F)c3)o2)ccc1CC/C(C)=C\O. The lowest BCUT2D eigenvalue weighted by atomic mass is 9.97. The molecule has 0 radical (unpaired) electrons. The summed E-state index contributed by atoms with van der Waals surface area (Å²) in [6, 6.07) is 8.72. The maximum Gasteiger partial charge on any atom is 0.419 e. The summed E-state index contributed by atoms with van der Waals surface area (Å²) in [5.74, 6) is -0.735. The number of aromatic nitrogens is 2. The van der Waals surface area contributed by atoms with Crippen LogP contribution < -0.4 is 0 Å². The molecule has 0 fully saturated rings. The Balaban J connectivity index is 1.89. The summed E-state index contributed by atoms with van der Waals surface area (Å²) in [6.07, 6.45) is -1.31. The zero-order chi connectivity index (χ0) is 21.9. The number of hydrogen-bond donors (Lipinski definition) is 2. The molecule has 3 rings (SSSR count). The Morgan fingerprint density at radius 2 is 1.67 bits per heavy atom. The second-order valence-electron chi connectivity index (χ2n) is 6.95. The maximum absolute atomic E-state index is 13.0. The number of nitrogens with zero attached hydrogens (tertiary/aromatic N) is 2. The highest BCUT2D eigenvalue weighted by molar-refractivity contribution is 5.61. The molecule has 0 saturated carbocycles. The van der Waals surface area contributed by atoms with E-state index < -0.39 is 17.5 Å². The van der Waals surface area contributed by atoms with Gasteiger partial charge in [-0.25, -0.2) is 0 Å². The first-order valence-corrected chi connectivity index (χ1v) is 9.39. The lowest BCUT2D eigenvalue weighted by molar-refractivity contribution is -0.138. The topological polar surface area (TPSA) is 79.4 Å². The number of aliphatic hydroxyl groups excluding tert-OH is 1. The molecular formula is C22H21F3N2O3. The van der Waals surface area contributed by atoms with Crippen molar-refractivity contribution in [3.63, 3.8) is 0 Å². The summed E-state index contributed by atoms with van der Waals surface area (Å²) in [5.41, 5.74) is 2.67. The summed E-state index contributed by atoms with van der Waals surface area (Å²) in [5, 5.41) is 26.3. The first kappa shape index (κ1) is 21.4. The summed E-state index contributed by atoms with van der Waals surface area (Å²) >= 11 is 0. The van der Waals surface area contributed by atoms with Crippen molar-refractivity contribution in [3.05, 3.63) is 64.9 Å². The number of benzene rings is 2. The van der Waals surface area contributed by atoms with Crippen LogP contribution in [0.3, 0.4) is 0 Å². The number of phenols is 1. The van der Waals surface area contributed by atoms with Crippen LogP contribution in [0.25, 0.3) is 22.9 Å². The van der Waals surface area contributed by atoms with Crippen LogP contribution in [0.1, 0.15) is 37.0 Å². The number of allylic oxidation sites excluding steroid dienone is 1. The summed E-state index contributed by atoms with van der Waals surface area (Å²) in [6.45, 7) is 3.87. The van der Waals surface area contributed by atoms with Gasteiger partial charge in [-0.3, -0.25) is 0 Å². The molecule has 30 heavy (non-hydrogen) atoms. The van der Waals surface area contributed by atoms with Gasteiger partial charge in [0.2, 0.25) is 11.8 Å². The summed E-state index contributed by atoms with van der Waals surface area (Å²) in [4.78, 5) is 0. The van der Waals surface area contributed by atoms with Crippen molar-refractivity contribution in [2.45, 2.75) is 39.3 Å². The standard InChI is InChI=1S/C22H21F3N2O3/c1-3-14-10-16(7-6-15(14)5-4-13(2)12-28)20-26-27-21(30-20)17-8-9-19(29)18(11-17)22(23,24)25/h6-12,28-29H,3-5H2,1-2H3/b13-12-. The maximum atomic E-state index is 13.0. The van der Waals surface area contributed by atoms with E-state index in [9.17, 15) is 18.3 Å². The molecular weight excluding hydrogens is 397 g/mol. The minimum atomic E-state index is -4.70. The number of halogens is 3. The van der Waals surface area contributed by atoms with Gasteiger partial charge < -0.3 is 14.6 Å². The molecule has 0 aliphatic heterocycles. The molecule has 1 heterocycles. The predicted octanol–water partition coefficient (Wildman–Crippen LogP) is 6.08. The number of aliphatic hydroxyl groups is 1. The molecule has 0 spiro atoms. The van der Waals surface area contributed by atoms with Crippen molar-refractivity contribution in [1.82, 2.24) is 10.2 Å². The molecule has 0 aliphatic rings. The molecule has 0 amide bonds. The lowest BCUT2D eigenvalue weighted by Crippen LogP contribution is -2.05. The van der Waals surface area contributed by atoms with Crippen LogP contribution in [0.5, 0.6) is 5.75 Å². The fourth-order valence-electron chi connectivity index (χ4n) is 3.08.